The van der Waals surface area contributed by atoms with Crippen LogP contribution < -0.4 is 0 Å². The molecule has 3 rings (SSSR count). The molecule has 122 valence electrons. The van der Waals surface area contributed by atoms with Crippen LogP contribution in [0.25, 0.3) is 11.5 Å². The van der Waals surface area contributed by atoms with Gasteiger partial charge in [-0.3, -0.25) is 4.79 Å². The molecule has 1 saturated heterocycles. The molecule has 0 bridgehead atoms. The van der Waals surface area contributed by atoms with Crippen LogP contribution >= 0.6 is 0 Å². The Bertz CT molecular complexity index is 642. The summed E-state index contributed by atoms with van der Waals surface area (Å²) < 4.78 is 5.63. The zero-order chi connectivity index (χ0) is 16.1. The molecule has 1 aliphatic rings. The lowest BCUT2D eigenvalue weighted by Gasteiger charge is -2.30. The van der Waals surface area contributed by atoms with Gasteiger partial charge in [0.2, 0.25) is 17.7 Å². The molecule has 1 unspecified atom stereocenters. The molecular weight excluding hydrogens is 294 g/mol. The minimum Gasteiger partial charge on any atom is -0.421 e. The highest BCUT2D eigenvalue weighted by Crippen LogP contribution is 2.18. The Hall–Kier alpha value is -2.21. The molecule has 2 aromatic rings. The number of amides is 1. The molecule has 0 aliphatic carbocycles. The van der Waals surface area contributed by atoms with E-state index in [9.17, 15) is 9.90 Å². The largest absolute Gasteiger partial charge is 0.421 e. The van der Waals surface area contributed by atoms with E-state index in [2.05, 4.69) is 10.2 Å². The number of aliphatic hydroxyl groups is 1. The third kappa shape index (κ3) is 4.16. The fourth-order valence-corrected chi connectivity index (χ4v) is 2.78. The molecule has 1 N–H and O–H groups in total. The van der Waals surface area contributed by atoms with Crippen LogP contribution in [0.1, 0.15) is 31.6 Å². The summed E-state index contributed by atoms with van der Waals surface area (Å²) in [5.41, 5.74) is 0.893. The van der Waals surface area contributed by atoms with Gasteiger partial charge in [-0.15, -0.1) is 10.2 Å². The maximum absolute atomic E-state index is 12.1. The van der Waals surface area contributed by atoms with Crippen LogP contribution in [0.15, 0.2) is 34.7 Å². The first-order chi connectivity index (χ1) is 11.2. The van der Waals surface area contributed by atoms with Crippen LogP contribution in [-0.4, -0.2) is 45.3 Å². The zero-order valence-corrected chi connectivity index (χ0v) is 13.0. The number of hydrogen-bond donors (Lipinski definition) is 1. The minimum absolute atomic E-state index is 0.0894. The normalized spacial score (nSPS) is 18.1. The van der Waals surface area contributed by atoms with Gasteiger partial charge in [-0.05, 0) is 31.4 Å². The molecule has 0 spiro atoms. The van der Waals surface area contributed by atoms with E-state index in [-0.39, 0.29) is 12.0 Å². The molecular formula is C17H21N3O3. The summed E-state index contributed by atoms with van der Waals surface area (Å²) in [7, 11) is 0. The van der Waals surface area contributed by atoms with Crippen molar-refractivity contribution in [3.8, 4) is 11.5 Å². The van der Waals surface area contributed by atoms with Crippen molar-refractivity contribution in [3.63, 3.8) is 0 Å². The summed E-state index contributed by atoms with van der Waals surface area (Å²) in [5.74, 6) is 1.15. The van der Waals surface area contributed by atoms with Gasteiger partial charge in [-0.25, -0.2) is 0 Å². The number of aromatic nitrogens is 2. The Morgan fingerprint density at radius 3 is 2.91 bits per heavy atom. The van der Waals surface area contributed by atoms with E-state index in [0.717, 1.165) is 24.9 Å². The van der Waals surface area contributed by atoms with Crippen molar-refractivity contribution >= 4 is 5.91 Å². The first-order valence-corrected chi connectivity index (χ1v) is 8.06. The second kappa shape index (κ2) is 7.37. The third-order valence-electron chi connectivity index (χ3n) is 4.02. The van der Waals surface area contributed by atoms with Crippen LogP contribution in [0.5, 0.6) is 0 Å². The second-order valence-corrected chi connectivity index (χ2v) is 5.86. The molecule has 6 nitrogen and oxygen atoms in total. The lowest BCUT2D eigenvalue weighted by molar-refractivity contribution is -0.134. The molecule has 1 atom stereocenters. The maximum atomic E-state index is 12.1. The van der Waals surface area contributed by atoms with Crippen LogP contribution in [0.4, 0.5) is 0 Å². The van der Waals surface area contributed by atoms with Crippen LogP contribution in [-0.2, 0) is 11.2 Å². The van der Waals surface area contributed by atoms with Crippen molar-refractivity contribution < 1.29 is 14.3 Å². The number of aryl methyl sites for hydroxylation is 1. The summed E-state index contributed by atoms with van der Waals surface area (Å²) >= 11 is 0. The monoisotopic (exact) mass is 315 g/mol. The molecule has 1 amide bonds. The van der Waals surface area contributed by atoms with Crippen LogP contribution in [0, 0.1) is 0 Å². The molecule has 2 heterocycles. The SMILES string of the molecule is O=C(CCCc1nnc(-c2ccccc2)o1)N1CCCC(O)C1. The number of carbonyl (C=O) groups is 1. The average Bonchev–Trinajstić information content (AvgIpc) is 3.04. The van der Waals surface area contributed by atoms with Gasteiger partial charge in [-0.1, -0.05) is 18.2 Å². The number of nitrogens with zero attached hydrogens (tertiary/aromatic N) is 3. The van der Waals surface area contributed by atoms with E-state index in [0.29, 0.717) is 37.6 Å². The highest BCUT2D eigenvalue weighted by Gasteiger charge is 2.21. The van der Waals surface area contributed by atoms with Crippen molar-refractivity contribution in [1.29, 1.82) is 0 Å². The number of hydrogen-bond acceptors (Lipinski definition) is 5. The van der Waals surface area contributed by atoms with Crippen molar-refractivity contribution in [3.05, 3.63) is 36.2 Å². The molecule has 23 heavy (non-hydrogen) atoms. The van der Waals surface area contributed by atoms with Gasteiger partial charge in [0, 0.05) is 31.5 Å². The summed E-state index contributed by atoms with van der Waals surface area (Å²) in [6.45, 7) is 1.20. The van der Waals surface area contributed by atoms with Gasteiger partial charge < -0.3 is 14.4 Å². The standard InChI is InChI=1S/C17H21N3O3/c21-14-8-5-11-20(12-14)16(22)10-4-9-15-18-19-17(23-15)13-6-2-1-3-7-13/h1-3,6-7,14,21H,4-5,8-12H2. The van der Waals surface area contributed by atoms with Crippen LogP contribution in [0.2, 0.25) is 0 Å². The fraction of sp³-hybridized carbons (Fsp3) is 0.471. The van der Waals surface area contributed by atoms with E-state index >= 15 is 0 Å². The van der Waals surface area contributed by atoms with E-state index in [1.54, 1.807) is 4.90 Å². The summed E-state index contributed by atoms with van der Waals surface area (Å²) in [4.78, 5) is 13.9. The van der Waals surface area contributed by atoms with Gasteiger partial charge in [0.1, 0.15) is 0 Å². The van der Waals surface area contributed by atoms with E-state index in [1.165, 1.54) is 0 Å². The molecule has 1 aromatic heterocycles. The predicted molar refractivity (Wildman–Crippen MR) is 84.5 cm³/mol. The Labute approximate surface area is 135 Å². The quantitative estimate of drug-likeness (QED) is 0.913. The van der Waals surface area contributed by atoms with E-state index in [4.69, 9.17) is 4.42 Å². The summed E-state index contributed by atoms with van der Waals surface area (Å²) in [6.07, 6.45) is 2.97. The molecule has 1 aromatic carbocycles. The fourth-order valence-electron chi connectivity index (χ4n) is 2.78. The number of β-amino-alcohol motifs (C(OH)–C–C–N with tert-alkyl or cyclic N) is 1. The Morgan fingerprint density at radius 1 is 1.30 bits per heavy atom. The molecule has 0 saturated carbocycles. The van der Waals surface area contributed by atoms with Gasteiger partial charge >= 0.3 is 0 Å². The number of rotatable bonds is 5. The number of aliphatic hydroxyl groups excluding tert-OH is 1. The third-order valence-corrected chi connectivity index (χ3v) is 4.02. The van der Waals surface area contributed by atoms with Gasteiger partial charge in [0.25, 0.3) is 0 Å². The van der Waals surface area contributed by atoms with E-state index in [1.807, 2.05) is 30.3 Å². The zero-order valence-electron chi connectivity index (χ0n) is 13.0. The number of likely N-dealkylation sites (tertiary alicyclic amines) is 1. The van der Waals surface area contributed by atoms with Crippen molar-refractivity contribution in [2.24, 2.45) is 0 Å². The first kappa shape index (κ1) is 15.7. The van der Waals surface area contributed by atoms with Crippen molar-refractivity contribution in [2.75, 3.05) is 13.1 Å². The Kier molecular flexibility index (Phi) is 5.02. The first-order valence-electron chi connectivity index (χ1n) is 8.06. The summed E-state index contributed by atoms with van der Waals surface area (Å²) in [6, 6.07) is 9.62. The maximum Gasteiger partial charge on any atom is 0.247 e. The Balaban J connectivity index is 1.47. The van der Waals surface area contributed by atoms with Gasteiger partial charge in [0.15, 0.2) is 0 Å². The smallest absolute Gasteiger partial charge is 0.247 e. The van der Waals surface area contributed by atoms with Crippen molar-refractivity contribution in [1.82, 2.24) is 15.1 Å². The Morgan fingerprint density at radius 2 is 2.13 bits per heavy atom. The summed E-state index contributed by atoms with van der Waals surface area (Å²) in [5, 5.41) is 17.7. The molecule has 1 aliphatic heterocycles. The minimum atomic E-state index is -0.378. The topological polar surface area (TPSA) is 79.5 Å². The number of benzene rings is 1. The van der Waals surface area contributed by atoms with Gasteiger partial charge in [-0.2, -0.15) is 0 Å². The molecule has 1 fully saturated rings. The lowest BCUT2D eigenvalue weighted by atomic mass is 10.1. The lowest BCUT2D eigenvalue weighted by Crippen LogP contribution is -2.42. The van der Waals surface area contributed by atoms with Crippen molar-refractivity contribution in [2.45, 2.75) is 38.2 Å². The highest BCUT2D eigenvalue weighted by atomic mass is 16.4. The number of piperidine rings is 1. The van der Waals surface area contributed by atoms with E-state index < -0.39 is 0 Å². The van der Waals surface area contributed by atoms with Crippen LogP contribution in [0.3, 0.4) is 0 Å². The molecule has 6 heteroatoms. The van der Waals surface area contributed by atoms with Gasteiger partial charge in [0.05, 0.1) is 6.10 Å². The number of carbonyl (C=O) groups excluding carboxylic acids is 1. The average molecular weight is 315 g/mol. The predicted octanol–water partition coefficient (Wildman–Crippen LogP) is 2.04. The second-order valence-electron chi connectivity index (χ2n) is 5.86. The molecule has 0 radical (unpaired) electrons. The highest BCUT2D eigenvalue weighted by molar-refractivity contribution is 5.76.